The number of anilines is 1. The van der Waals surface area contributed by atoms with E-state index in [0.717, 1.165) is 5.56 Å². The molecule has 3 nitrogen and oxygen atoms in total. The molecule has 0 fully saturated rings. The molecule has 0 unspecified atom stereocenters. The molecule has 0 aliphatic heterocycles. The molecule has 0 bridgehead atoms. The molecular weight excluding hydrogens is 326 g/mol. The van der Waals surface area contributed by atoms with E-state index >= 15 is 0 Å². The number of rotatable bonds is 2. The minimum Gasteiger partial charge on any atom is -0.282 e. The zero-order chi connectivity index (χ0) is 13.4. The van der Waals surface area contributed by atoms with Crippen LogP contribution in [0.3, 0.4) is 0 Å². The van der Waals surface area contributed by atoms with E-state index in [-0.39, 0.29) is 0 Å². The van der Waals surface area contributed by atoms with E-state index < -0.39 is 14.8 Å². The second-order valence-electron chi connectivity index (χ2n) is 4.80. The van der Waals surface area contributed by atoms with Gasteiger partial charge in [0.15, 0.2) is 0 Å². The lowest BCUT2D eigenvalue weighted by molar-refractivity contribution is 0.566. The molecule has 0 aliphatic carbocycles. The van der Waals surface area contributed by atoms with E-state index in [1.807, 2.05) is 6.92 Å². The molecule has 0 amide bonds. The van der Waals surface area contributed by atoms with Crippen LogP contribution in [-0.2, 0) is 10.0 Å². The number of nitrogens with one attached hydrogen (secondary N) is 1. The highest BCUT2D eigenvalue weighted by Crippen LogP contribution is 2.31. The van der Waals surface area contributed by atoms with Crippen molar-refractivity contribution in [3.8, 4) is 0 Å². The van der Waals surface area contributed by atoms with Crippen LogP contribution in [0.2, 0.25) is 5.02 Å². The fraction of sp³-hybridized carbons (Fsp3) is 0.455. The van der Waals surface area contributed by atoms with Crippen molar-refractivity contribution in [2.75, 3.05) is 4.72 Å². The molecule has 0 heterocycles. The van der Waals surface area contributed by atoms with Crippen molar-refractivity contribution in [2.45, 2.75) is 32.4 Å². The lowest BCUT2D eigenvalue weighted by Gasteiger charge is -2.21. The second-order valence-corrected chi connectivity index (χ2v) is 8.50. The van der Waals surface area contributed by atoms with E-state index in [1.54, 1.807) is 32.9 Å². The summed E-state index contributed by atoms with van der Waals surface area (Å²) in [6.45, 7) is 6.77. The van der Waals surface area contributed by atoms with E-state index in [2.05, 4.69) is 20.7 Å². The smallest absolute Gasteiger partial charge is 0.237 e. The molecule has 1 N–H and O–H groups in total. The summed E-state index contributed by atoms with van der Waals surface area (Å²) in [7, 11) is -3.44. The Kier molecular flexibility index (Phi) is 4.16. The third-order valence-electron chi connectivity index (χ3n) is 2.30. The van der Waals surface area contributed by atoms with E-state index in [4.69, 9.17) is 11.6 Å². The SMILES string of the molecule is Cc1cc(Br)c(NS(=O)(=O)C(C)(C)C)cc1Cl. The maximum absolute atomic E-state index is 12.0. The van der Waals surface area contributed by atoms with Gasteiger partial charge in [-0.2, -0.15) is 0 Å². The molecule has 0 saturated carbocycles. The fourth-order valence-electron chi connectivity index (χ4n) is 1.02. The molecule has 6 heteroatoms. The topological polar surface area (TPSA) is 46.2 Å². The lowest BCUT2D eigenvalue weighted by Crippen LogP contribution is -2.33. The first-order valence-corrected chi connectivity index (χ1v) is 7.68. The molecular formula is C11H15BrClNO2S. The molecule has 1 rings (SSSR count). The summed E-state index contributed by atoms with van der Waals surface area (Å²) in [5, 5.41) is 0.528. The average Bonchev–Trinajstić information content (AvgIpc) is 2.12. The Labute approximate surface area is 116 Å². The summed E-state index contributed by atoms with van der Waals surface area (Å²) < 4.78 is 26.3. The van der Waals surface area contributed by atoms with Gasteiger partial charge in [0.25, 0.3) is 0 Å². The quantitative estimate of drug-likeness (QED) is 0.886. The van der Waals surface area contributed by atoms with Gasteiger partial charge in [-0.3, -0.25) is 4.72 Å². The molecule has 1 aromatic carbocycles. The maximum Gasteiger partial charge on any atom is 0.237 e. The first-order chi connectivity index (χ1) is 7.54. The largest absolute Gasteiger partial charge is 0.282 e. The summed E-state index contributed by atoms with van der Waals surface area (Å²) in [4.78, 5) is 0. The minimum atomic E-state index is -3.44. The van der Waals surface area contributed by atoms with Crippen LogP contribution in [0.1, 0.15) is 26.3 Å². The van der Waals surface area contributed by atoms with E-state index in [0.29, 0.717) is 15.2 Å². The first kappa shape index (κ1) is 14.8. The van der Waals surface area contributed by atoms with Gasteiger partial charge in [-0.15, -0.1) is 0 Å². The van der Waals surface area contributed by atoms with Crippen molar-refractivity contribution in [3.05, 3.63) is 27.2 Å². The average molecular weight is 341 g/mol. The Morgan fingerprint density at radius 3 is 2.29 bits per heavy atom. The molecule has 0 aromatic heterocycles. The first-order valence-electron chi connectivity index (χ1n) is 5.02. The second kappa shape index (κ2) is 4.78. The van der Waals surface area contributed by atoms with Crippen LogP contribution < -0.4 is 4.72 Å². The van der Waals surface area contributed by atoms with Crippen LogP contribution in [0.4, 0.5) is 5.69 Å². The van der Waals surface area contributed by atoms with Crippen molar-refractivity contribution < 1.29 is 8.42 Å². The minimum absolute atomic E-state index is 0.454. The van der Waals surface area contributed by atoms with Crippen LogP contribution >= 0.6 is 27.5 Å². The maximum atomic E-state index is 12.0. The molecule has 96 valence electrons. The highest BCUT2D eigenvalue weighted by molar-refractivity contribution is 9.10. The van der Waals surface area contributed by atoms with Gasteiger partial charge in [0.05, 0.1) is 10.4 Å². The number of aryl methyl sites for hydroxylation is 1. The van der Waals surface area contributed by atoms with Crippen LogP contribution in [0, 0.1) is 6.92 Å². The lowest BCUT2D eigenvalue weighted by atomic mass is 10.2. The Morgan fingerprint density at radius 1 is 1.29 bits per heavy atom. The van der Waals surface area contributed by atoms with Gasteiger partial charge < -0.3 is 0 Å². The highest BCUT2D eigenvalue weighted by Gasteiger charge is 2.29. The number of benzene rings is 1. The molecule has 1 aromatic rings. The van der Waals surface area contributed by atoms with E-state index in [1.165, 1.54) is 0 Å². The fourth-order valence-corrected chi connectivity index (χ4v) is 2.64. The Balaban J connectivity index is 3.18. The summed E-state index contributed by atoms with van der Waals surface area (Å²) >= 11 is 9.29. The molecule has 0 atom stereocenters. The van der Waals surface area contributed by atoms with Gasteiger partial charge in [0.1, 0.15) is 0 Å². The molecule has 0 spiro atoms. The van der Waals surface area contributed by atoms with Crippen LogP contribution in [-0.4, -0.2) is 13.2 Å². The Bertz CT molecular complexity index is 535. The molecule has 0 radical (unpaired) electrons. The normalized spacial score (nSPS) is 12.6. The third-order valence-corrected chi connectivity index (χ3v) is 5.46. The molecule has 0 saturated heterocycles. The molecule has 0 aliphatic rings. The van der Waals surface area contributed by atoms with Crippen LogP contribution in [0.5, 0.6) is 0 Å². The predicted octanol–water partition coefficient (Wildman–Crippen LogP) is 3.95. The molecule has 17 heavy (non-hydrogen) atoms. The van der Waals surface area contributed by atoms with Crippen molar-refractivity contribution in [1.82, 2.24) is 0 Å². The number of halogens is 2. The zero-order valence-corrected chi connectivity index (χ0v) is 13.3. The summed E-state index contributed by atoms with van der Waals surface area (Å²) in [6, 6.07) is 3.38. The number of sulfonamides is 1. The zero-order valence-electron chi connectivity index (χ0n) is 10.1. The monoisotopic (exact) mass is 339 g/mol. The Hall–Kier alpha value is -0.260. The van der Waals surface area contributed by atoms with Crippen LogP contribution in [0.15, 0.2) is 16.6 Å². The van der Waals surface area contributed by atoms with Gasteiger partial charge in [-0.1, -0.05) is 11.6 Å². The predicted molar refractivity (Wildman–Crippen MR) is 76.2 cm³/mol. The van der Waals surface area contributed by atoms with Gasteiger partial charge >= 0.3 is 0 Å². The third kappa shape index (κ3) is 3.36. The van der Waals surface area contributed by atoms with Crippen molar-refractivity contribution in [2.24, 2.45) is 0 Å². The summed E-state index contributed by atoms with van der Waals surface area (Å²) in [6.07, 6.45) is 0. The Morgan fingerprint density at radius 2 is 1.82 bits per heavy atom. The summed E-state index contributed by atoms with van der Waals surface area (Å²) in [5.74, 6) is 0. The van der Waals surface area contributed by atoms with Gasteiger partial charge in [0, 0.05) is 9.50 Å². The number of hydrogen-bond acceptors (Lipinski definition) is 2. The number of hydrogen-bond donors (Lipinski definition) is 1. The highest BCUT2D eigenvalue weighted by atomic mass is 79.9. The van der Waals surface area contributed by atoms with Crippen molar-refractivity contribution >= 4 is 43.2 Å². The standard InChI is InChI=1S/C11H15BrClNO2S/c1-7-5-8(12)10(6-9(7)13)14-17(15,16)11(2,3)4/h5-6,14H,1-4H3. The van der Waals surface area contributed by atoms with E-state index in [9.17, 15) is 8.42 Å². The van der Waals surface area contributed by atoms with Crippen molar-refractivity contribution in [3.63, 3.8) is 0 Å². The van der Waals surface area contributed by atoms with Crippen LogP contribution in [0.25, 0.3) is 0 Å². The van der Waals surface area contributed by atoms with Crippen molar-refractivity contribution in [1.29, 1.82) is 0 Å². The van der Waals surface area contributed by atoms with Gasteiger partial charge in [-0.25, -0.2) is 8.42 Å². The van der Waals surface area contributed by atoms with Gasteiger partial charge in [-0.05, 0) is 61.3 Å². The summed E-state index contributed by atoms with van der Waals surface area (Å²) in [5.41, 5.74) is 1.34. The van der Waals surface area contributed by atoms with Gasteiger partial charge in [0.2, 0.25) is 10.0 Å².